The molecule has 11 heteroatoms. The van der Waals surface area contributed by atoms with Crippen molar-refractivity contribution in [3.8, 4) is 0 Å². The number of carboxylic acids is 1. The minimum Gasteiger partial charge on any atom is -0.480 e. The molecule has 3 atom stereocenters. The van der Waals surface area contributed by atoms with Crippen molar-refractivity contribution in [1.29, 1.82) is 0 Å². The monoisotopic (exact) mass is 607 g/mol. The molecule has 0 spiro atoms. The van der Waals surface area contributed by atoms with Crippen LogP contribution in [0.15, 0.2) is 78.9 Å². The molecule has 2 amide bonds. The summed E-state index contributed by atoms with van der Waals surface area (Å²) in [5, 5.41) is 14.8. The number of aliphatic carboxylic acids is 1. The smallest absolute Gasteiger partial charge is 0.320 e. The Bertz CT molecular complexity index is 1310. The number of para-hydroxylation sites is 1. The lowest BCUT2D eigenvalue weighted by Crippen LogP contribution is -2.49. The van der Waals surface area contributed by atoms with Gasteiger partial charge in [-0.05, 0) is 48.1 Å². The quantitative estimate of drug-likeness (QED) is 0.0938. The van der Waals surface area contributed by atoms with Crippen molar-refractivity contribution in [3.63, 3.8) is 0 Å². The summed E-state index contributed by atoms with van der Waals surface area (Å²) in [5.41, 5.74) is 19.2. The van der Waals surface area contributed by atoms with Gasteiger partial charge in [0.15, 0.2) is 0 Å². The average molecular weight is 608 g/mol. The van der Waals surface area contributed by atoms with Crippen LogP contribution >= 0.6 is 11.8 Å². The van der Waals surface area contributed by atoms with E-state index in [4.69, 9.17) is 21.4 Å². The fourth-order valence-electron chi connectivity index (χ4n) is 4.23. The fourth-order valence-corrected chi connectivity index (χ4v) is 5.24. The molecule has 0 fully saturated rings. The largest absolute Gasteiger partial charge is 0.480 e. The highest BCUT2D eigenvalue weighted by molar-refractivity contribution is 7.98. The van der Waals surface area contributed by atoms with E-state index in [1.807, 2.05) is 61.5 Å². The lowest BCUT2D eigenvalue weighted by molar-refractivity contribution is -0.138. The predicted molar refractivity (Wildman–Crippen MR) is 170 cm³/mol. The van der Waals surface area contributed by atoms with Gasteiger partial charge in [0.25, 0.3) is 0 Å². The van der Waals surface area contributed by atoms with Gasteiger partial charge in [-0.15, -0.1) is 0 Å². The summed E-state index contributed by atoms with van der Waals surface area (Å²) in [6.45, 7) is 2.73. The lowest BCUT2D eigenvalue weighted by atomic mass is 10.0. The molecule has 0 aromatic heterocycles. The summed E-state index contributed by atoms with van der Waals surface area (Å²) in [5.74, 6) is -0.913. The maximum atomic E-state index is 13.2. The van der Waals surface area contributed by atoms with Crippen molar-refractivity contribution in [1.82, 2.24) is 10.6 Å². The number of rotatable bonds is 18. The maximum absolute atomic E-state index is 13.2. The Kier molecular flexibility index (Phi) is 14.0. The molecule has 43 heavy (non-hydrogen) atoms. The van der Waals surface area contributed by atoms with Gasteiger partial charge in [-0.2, -0.15) is 11.8 Å². The Morgan fingerprint density at radius 2 is 1.60 bits per heavy atom. The number of thioether (sulfide) groups is 1. The Labute approximate surface area is 256 Å². The van der Waals surface area contributed by atoms with Gasteiger partial charge in [0.2, 0.25) is 11.8 Å². The number of carboxylic acid groups (broad SMARTS) is 1. The second kappa shape index (κ2) is 17.9. The van der Waals surface area contributed by atoms with Crippen LogP contribution in [-0.4, -0.2) is 53.9 Å². The summed E-state index contributed by atoms with van der Waals surface area (Å²) < 4.78 is 0. The van der Waals surface area contributed by atoms with Crippen LogP contribution in [0.25, 0.3) is 0 Å². The number of carbonyl (C=O) groups excluding carboxylic acids is 2. The second-order valence-electron chi connectivity index (χ2n) is 10.1. The molecule has 0 aliphatic rings. The third kappa shape index (κ3) is 11.7. The van der Waals surface area contributed by atoms with Gasteiger partial charge in [-0.1, -0.05) is 72.8 Å². The number of amides is 2. The van der Waals surface area contributed by atoms with Crippen LogP contribution in [0.1, 0.15) is 48.1 Å². The van der Waals surface area contributed by atoms with Crippen molar-refractivity contribution in [2.45, 2.75) is 50.1 Å². The average Bonchev–Trinajstić information content (AvgIpc) is 3.01. The van der Waals surface area contributed by atoms with E-state index < -0.39 is 24.0 Å². The minimum atomic E-state index is -1.17. The molecule has 0 unspecified atom stereocenters. The molecule has 0 saturated heterocycles. The van der Waals surface area contributed by atoms with E-state index in [1.165, 1.54) is 11.8 Å². The van der Waals surface area contributed by atoms with Crippen LogP contribution in [-0.2, 0) is 31.4 Å². The van der Waals surface area contributed by atoms with Crippen LogP contribution in [0.4, 0.5) is 5.69 Å². The summed E-state index contributed by atoms with van der Waals surface area (Å²) in [6.07, 6.45) is 0.619. The number of hydrogen-bond acceptors (Lipinski definition) is 8. The zero-order valence-electron chi connectivity index (χ0n) is 24.3. The molecule has 8 N–H and O–H groups in total. The van der Waals surface area contributed by atoms with Crippen LogP contribution in [0, 0.1) is 0 Å². The minimum absolute atomic E-state index is 0.0172. The molecule has 3 rings (SSSR count). The number of nitrogens with two attached hydrogens (primary N) is 2. The van der Waals surface area contributed by atoms with E-state index in [0.29, 0.717) is 24.7 Å². The van der Waals surface area contributed by atoms with Crippen molar-refractivity contribution in [2.24, 2.45) is 11.5 Å². The molecule has 230 valence electrons. The first kappa shape index (κ1) is 33.6. The molecule has 3 aromatic rings. The van der Waals surface area contributed by atoms with Gasteiger partial charge in [0, 0.05) is 24.5 Å². The number of anilines is 1. The second-order valence-corrected chi connectivity index (χ2v) is 11.2. The Balaban J connectivity index is 1.58. The van der Waals surface area contributed by atoms with Crippen LogP contribution < -0.4 is 27.6 Å². The summed E-state index contributed by atoms with van der Waals surface area (Å²) in [6, 6.07) is 23.6. The van der Waals surface area contributed by atoms with Gasteiger partial charge >= 0.3 is 5.97 Å². The fraction of sp³-hybridized carbons (Fsp3) is 0.344. The van der Waals surface area contributed by atoms with E-state index in [2.05, 4.69) is 40.4 Å². The molecule has 3 aromatic carbocycles. The first-order chi connectivity index (χ1) is 20.8. The number of hydrogen-bond donors (Lipinski definition) is 6. The molecular formula is C32H41N5O5S. The predicted octanol–water partition coefficient (Wildman–Crippen LogP) is 3.37. The normalized spacial score (nSPS) is 13.0. The zero-order chi connectivity index (χ0) is 31.0. The van der Waals surface area contributed by atoms with Gasteiger partial charge in [-0.3, -0.25) is 24.7 Å². The zero-order valence-corrected chi connectivity index (χ0v) is 25.1. The Morgan fingerprint density at radius 3 is 2.30 bits per heavy atom. The van der Waals surface area contributed by atoms with Crippen LogP contribution in [0.2, 0.25) is 0 Å². The van der Waals surface area contributed by atoms with E-state index in [9.17, 15) is 14.4 Å². The first-order valence-corrected chi connectivity index (χ1v) is 15.4. The molecule has 0 bridgehead atoms. The third-order valence-corrected chi connectivity index (χ3v) is 7.81. The summed E-state index contributed by atoms with van der Waals surface area (Å²) >= 11 is 1.53. The number of benzene rings is 3. The van der Waals surface area contributed by atoms with Gasteiger partial charge < -0.3 is 27.2 Å². The standard InChI is InChI=1S/C32H41N5O5S/c1-22(25-7-3-2-4-8-25)35-31(39)29(36-30(38)16-15-27(34)32(40)41)21-43-20-24-13-11-23(12-14-24)19-26-9-5-6-10-28(26)37-42-18-17-33/h2-14,22,27,29,37H,15-21,33-34H2,1H3,(H,35,39)(H,36,38)(H,40,41)/t22-,27-,29-/m0/s1. The Hall–Kier alpha value is -3.90. The maximum Gasteiger partial charge on any atom is 0.320 e. The highest BCUT2D eigenvalue weighted by Gasteiger charge is 2.23. The van der Waals surface area contributed by atoms with Crippen molar-refractivity contribution in [2.75, 3.05) is 24.4 Å². The van der Waals surface area contributed by atoms with Crippen LogP contribution in [0.5, 0.6) is 0 Å². The third-order valence-electron chi connectivity index (χ3n) is 6.70. The lowest BCUT2D eigenvalue weighted by Gasteiger charge is -2.22. The van der Waals surface area contributed by atoms with E-state index in [-0.39, 0.29) is 24.8 Å². The topological polar surface area (TPSA) is 169 Å². The van der Waals surface area contributed by atoms with Gasteiger partial charge in [0.05, 0.1) is 18.3 Å². The molecule has 0 aliphatic heterocycles. The number of nitrogens with one attached hydrogen (secondary N) is 3. The van der Waals surface area contributed by atoms with E-state index >= 15 is 0 Å². The van der Waals surface area contributed by atoms with Crippen molar-refractivity contribution >= 4 is 35.2 Å². The van der Waals surface area contributed by atoms with Crippen molar-refractivity contribution < 1.29 is 24.3 Å². The summed E-state index contributed by atoms with van der Waals surface area (Å²) in [4.78, 5) is 42.2. The molecular weight excluding hydrogens is 566 g/mol. The molecule has 10 nitrogen and oxygen atoms in total. The SMILES string of the molecule is C[C@H](NC(=O)[C@H](CSCc1ccc(Cc2ccccc2NOCCN)cc1)NC(=O)CC[C@H](N)C(=O)O)c1ccccc1. The van der Waals surface area contributed by atoms with Gasteiger partial charge in [0.1, 0.15) is 12.1 Å². The van der Waals surface area contributed by atoms with Crippen LogP contribution in [0.3, 0.4) is 0 Å². The molecule has 0 radical (unpaired) electrons. The van der Waals surface area contributed by atoms with Crippen molar-refractivity contribution in [3.05, 3.63) is 101 Å². The Morgan fingerprint density at radius 1 is 0.930 bits per heavy atom. The van der Waals surface area contributed by atoms with Gasteiger partial charge in [-0.25, -0.2) is 0 Å². The highest BCUT2D eigenvalue weighted by atomic mass is 32.2. The number of carbonyl (C=O) groups is 3. The molecule has 0 aliphatic carbocycles. The molecule has 0 heterocycles. The molecule has 0 saturated carbocycles. The summed E-state index contributed by atoms with van der Waals surface area (Å²) in [7, 11) is 0. The van der Waals surface area contributed by atoms with E-state index in [0.717, 1.165) is 34.4 Å². The van der Waals surface area contributed by atoms with E-state index in [1.54, 1.807) is 0 Å². The first-order valence-electron chi connectivity index (χ1n) is 14.2. The highest BCUT2D eigenvalue weighted by Crippen LogP contribution is 2.21.